The first kappa shape index (κ1) is 11.0. The van der Waals surface area contributed by atoms with Gasteiger partial charge in [-0.15, -0.1) is 11.3 Å². The van der Waals surface area contributed by atoms with E-state index in [0.717, 1.165) is 11.8 Å². The highest BCUT2D eigenvalue weighted by Gasteiger charge is 2.32. The lowest BCUT2D eigenvalue weighted by Crippen LogP contribution is -2.27. The molecule has 0 saturated heterocycles. The zero-order chi connectivity index (χ0) is 12.1. The second kappa shape index (κ2) is 4.09. The molecule has 1 saturated carbocycles. The first-order valence-corrected chi connectivity index (χ1v) is 8.14. The molecule has 0 aliphatic heterocycles. The van der Waals surface area contributed by atoms with Gasteiger partial charge in [0.15, 0.2) is 0 Å². The first-order chi connectivity index (χ1) is 8.81. The summed E-state index contributed by atoms with van der Waals surface area (Å²) in [6.07, 6.45) is 8.64. The minimum atomic E-state index is 0.991. The lowest BCUT2D eigenvalue weighted by Gasteiger charge is -2.35. The van der Waals surface area contributed by atoms with Gasteiger partial charge in [0, 0.05) is 9.58 Å². The van der Waals surface area contributed by atoms with Gasteiger partial charge in [0.1, 0.15) is 0 Å². The smallest absolute Gasteiger partial charge is 0.0351 e. The van der Waals surface area contributed by atoms with E-state index in [4.69, 9.17) is 0 Å². The van der Waals surface area contributed by atoms with Gasteiger partial charge in [0.2, 0.25) is 0 Å². The molecule has 1 heteroatoms. The predicted molar refractivity (Wildman–Crippen MR) is 79.4 cm³/mol. The van der Waals surface area contributed by atoms with E-state index in [1.54, 1.807) is 15.8 Å². The normalized spacial score (nSPS) is 26.9. The van der Waals surface area contributed by atoms with Crippen LogP contribution in [-0.4, -0.2) is 0 Å². The van der Waals surface area contributed by atoms with Crippen LogP contribution in [0.3, 0.4) is 0 Å². The zero-order valence-corrected chi connectivity index (χ0v) is 11.9. The molecule has 1 aromatic carbocycles. The van der Waals surface area contributed by atoms with Crippen molar-refractivity contribution in [3.05, 3.63) is 34.2 Å². The van der Waals surface area contributed by atoms with Crippen LogP contribution in [0.2, 0.25) is 0 Å². The van der Waals surface area contributed by atoms with Gasteiger partial charge in [-0.1, -0.05) is 25.0 Å². The predicted octanol–water partition coefficient (Wildman–Crippen LogP) is 5.11. The molecule has 2 atom stereocenters. The average molecular weight is 256 g/mol. The fourth-order valence-electron chi connectivity index (χ4n) is 4.02. The second-order valence-electron chi connectivity index (χ2n) is 6.22. The van der Waals surface area contributed by atoms with Crippen molar-refractivity contribution in [1.29, 1.82) is 0 Å². The van der Waals surface area contributed by atoms with E-state index in [2.05, 4.69) is 36.5 Å². The van der Waals surface area contributed by atoms with Crippen LogP contribution in [0.25, 0.3) is 10.1 Å². The van der Waals surface area contributed by atoms with Gasteiger partial charge in [0.25, 0.3) is 0 Å². The number of thiophene rings is 1. The Hall–Kier alpha value is -0.820. The Morgan fingerprint density at radius 2 is 1.83 bits per heavy atom. The lowest BCUT2D eigenvalue weighted by atomic mass is 9.70. The molecule has 0 nitrogen and oxygen atoms in total. The molecular formula is C17H20S. The summed E-state index contributed by atoms with van der Waals surface area (Å²) in [5.41, 5.74) is 3.11. The van der Waals surface area contributed by atoms with E-state index in [1.165, 1.54) is 48.8 Å². The third kappa shape index (κ3) is 1.64. The molecule has 2 unspecified atom stereocenters. The highest BCUT2D eigenvalue weighted by atomic mass is 32.1. The lowest BCUT2D eigenvalue weighted by molar-refractivity contribution is 0.223. The van der Waals surface area contributed by atoms with E-state index >= 15 is 0 Å². The Labute approximate surface area is 113 Å². The monoisotopic (exact) mass is 256 g/mol. The number of hydrogen-bond donors (Lipinski definition) is 0. The number of aryl methyl sites for hydroxylation is 1. The Kier molecular flexibility index (Phi) is 2.51. The van der Waals surface area contributed by atoms with Gasteiger partial charge in [-0.25, -0.2) is 0 Å². The molecule has 94 valence electrons. The fourth-order valence-corrected chi connectivity index (χ4v) is 5.44. The van der Waals surface area contributed by atoms with Crippen molar-refractivity contribution < 1.29 is 0 Å². The van der Waals surface area contributed by atoms with Crippen LogP contribution in [0.5, 0.6) is 0 Å². The molecule has 0 spiro atoms. The van der Waals surface area contributed by atoms with E-state index < -0.39 is 0 Å². The quantitative estimate of drug-likeness (QED) is 0.614. The largest absolute Gasteiger partial charge is 0.140 e. The van der Waals surface area contributed by atoms with Crippen LogP contribution in [0, 0.1) is 18.8 Å². The summed E-state index contributed by atoms with van der Waals surface area (Å²) in [5, 5.41) is 1.56. The van der Waals surface area contributed by atoms with Crippen LogP contribution < -0.4 is 0 Å². The van der Waals surface area contributed by atoms with Crippen LogP contribution in [0.4, 0.5) is 0 Å². The maximum atomic E-state index is 2.38. The van der Waals surface area contributed by atoms with Crippen molar-refractivity contribution in [2.24, 2.45) is 11.8 Å². The van der Waals surface area contributed by atoms with Gasteiger partial charge in [-0.05, 0) is 67.0 Å². The van der Waals surface area contributed by atoms with Crippen molar-refractivity contribution >= 4 is 21.4 Å². The average Bonchev–Trinajstić information content (AvgIpc) is 2.72. The number of hydrogen-bond acceptors (Lipinski definition) is 1. The van der Waals surface area contributed by atoms with E-state index in [1.807, 2.05) is 0 Å². The molecule has 1 fully saturated rings. The Bertz CT molecular complexity index is 593. The summed E-state index contributed by atoms with van der Waals surface area (Å²) in [5.74, 6) is 1.99. The second-order valence-corrected chi connectivity index (χ2v) is 7.35. The summed E-state index contributed by atoms with van der Waals surface area (Å²) in [4.78, 5) is 1.71. The fraction of sp³-hybridized carbons (Fsp3) is 0.529. The number of benzene rings is 1. The molecule has 0 radical (unpaired) electrons. The summed E-state index contributed by atoms with van der Waals surface area (Å²) in [7, 11) is 0. The van der Waals surface area contributed by atoms with Gasteiger partial charge >= 0.3 is 0 Å². The zero-order valence-electron chi connectivity index (χ0n) is 11.0. The molecular weight excluding hydrogens is 236 g/mol. The molecule has 0 N–H and O–H groups in total. The molecule has 18 heavy (non-hydrogen) atoms. The maximum absolute atomic E-state index is 2.38. The van der Waals surface area contributed by atoms with Crippen molar-refractivity contribution in [1.82, 2.24) is 0 Å². The summed E-state index contributed by atoms with van der Waals surface area (Å²) in [6, 6.07) is 7.02. The molecule has 4 rings (SSSR count). The van der Waals surface area contributed by atoms with Gasteiger partial charge in [-0.2, -0.15) is 0 Å². The number of rotatable bonds is 0. The third-order valence-electron chi connectivity index (χ3n) is 5.01. The maximum Gasteiger partial charge on any atom is 0.0351 e. The van der Waals surface area contributed by atoms with Gasteiger partial charge in [0.05, 0.1) is 0 Å². The number of fused-ring (bicyclic) bond motifs is 4. The van der Waals surface area contributed by atoms with Crippen LogP contribution in [0.15, 0.2) is 18.2 Å². The van der Waals surface area contributed by atoms with Gasteiger partial charge in [-0.3, -0.25) is 0 Å². The molecule has 2 aliphatic carbocycles. The van der Waals surface area contributed by atoms with Crippen molar-refractivity contribution in [2.75, 3.05) is 0 Å². The van der Waals surface area contributed by atoms with Crippen molar-refractivity contribution in [3.63, 3.8) is 0 Å². The molecule has 2 aromatic rings. The van der Waals surface area contributed by atoms with Crippen LogP contribution >= 0.6 is 11.3 Å². The SMILES string of the molecule is Cc1ccc2c3c(sc2c1)CC1CCCCC1C3. The molecule has 0 amide bonds. The minimum Gasteiger partial charge on any atom is -0.140 e. The van der Waals surface area contributed by atoms with E-state index in [0.29, 0.717) is 0 Å². The standard InChI is InChI=1S/C17H20S/c1-11-6-7-14-15-9-12-4-2-3-5-13(12)10-17(15)18-16(14)8-11/h6-8,12-13H,2-5,9-10H2,1H3. The van der Waals surface area contributed by atoms with Crippen LogP contribution in [0.1, 0.15) is 41.7 Å². The topological polar surface area (TPSA) is 0 Å². The minimum absolute atomic E-state index is 0.991. The summed E-state index contributed by atoms with van der Waals surface area (Å²) >= 11 is 2.07. The molecule has 0 bridgehead atoms. The summed E-state index contributed by atoms with van der Waals surface area (Å²) < 4.78 is 1.53. The van der Waals surface area contributed by atoms with E-state index in [-0.39, 0.29) is 0 Å². The van der Waals surface area contributed by atoms with E-state index in [9.17, 15) is 0 Å². The van der Waals surface area contributed by atoms with Crippen LogP contribution in [-0.2, 0) is 12.8 Å². The first-order valence-electron chi connectivity index (χ1n) is 7.32. The molecule has 1 heterocycles. The molecule has 2 aliphatic rings. The molecule has 1 aromatic heterocycles. The third-order valence-corrected chi connectivity index (χ3v) is 6.23. The Morgan fingerprint density at radius 3 is 2.67 bits per heavy atom. The van der Waals surface area contributed by atoms with Crippen molar-refractivity contribution in [3.8, 4) is 0 Å². The Balaban J connectivity index is 1.83. The highest BCUT2D eigenvalue weighted by molar-refractivity contribution is 7.19. The van der Waals surface area contributed by atoms with Gasteiger partial charge < -0.3 is 0 Å². The highest BCUT2D eigenvalue weighted by Crippen LogP contribution is 2.45. The summed E-state index contributed by atoms with van der Waals surface area (Å²) in [6.45, 7) is 2.21. The van der Waals surface area contributed by atoms with Crippen molar-refractivity contribution in [2.45, 2.75) is 45.4 Å². The Morgan fingerprint density at radius 1 is 1.06 bits per heavy atom.